The predicted molar refractivity (Wildman–Crippen MR) is 104 cm³/mol. The Morgan fingerprint density at radius 2 is 1.68 bits per heavy atom. The summed E-state index contributed by atoms with van der Waals surface area (Å²) < 4.78 is 0. The summed E-state index contributed by atoms with van der Waals surface area (Å²) in [5.74, 6) is -0.607. The molecule has 3 rings (SSSR count). The quantitative estimate of drug-likeness (QED) is 0.519. The van der Waals surface area contributed by atoms with Gasteiger partial charge in [0.1, 0.15) is 0 Å². The zero-order valence-electron chi connectivity index (χ0n) is 15.2. The number of carbonyl (C=O) groups is 1. The molecule has 8 nitrogen and oxygen atoms in total. The second kappa shape index (κ2) is 7.43. The third-order valence-electron chi connectivity index (χ3n) is 4.65. The van der Waals surface area contributed by atoms with Gasteiger partial charge in [-0.25, -0.2) is 0 Å². The number of carbonyl (C=O) groups excluding carboxylic acids is 1. The molecule has 0 aliphatic carbocycles. The molecule has 3 aromatic rings. The van der Waals surface area contributed by atoms with Crippen LogP contribution in [0.25, 0.3) is 10.8 Å². The van der Waals surface area contributed by atoms with Crippen LogP contribution in [-0.2, 0) is 0 Å². The van der Waals surface area contributed by atoms with Crippen molar-refractivity contribution in [2.24, 2.45) is 0 Å². The molecule has 0 spiro atoms. The Balaban J connectivity index is 1.98. The summed E-state index contributed by atoms with van der Waals surface area (Å²) in [6, 6.07) is 15.0. The molecule has 1 amide bonds. The van der Waals surface area contributed by atoms with E-state index in [-0.39, 0.29) is 11.1 Å². The zero-order chi connectivity index (χ0) is 20.4. The van der Waals surface area contributed by atoms with Crippen LogP contribution in [0.2, 0.25) is 0 Å². The Hall–Kier alpha value is -3.81. The van der Waals surface area contributed by atoms with Crippen molar-refractivity contribution in [3.63, 3.8) is 0 Å². The summed E-state index contributed by atoms with van der Waals surface area (Å²) in [5, 5.41) is 27.1. The molecule has 0 saturated carbocycles. The lowest BCUT2D eigenvalue weighted by Crippen LogP contribution is -2.27. The molecule has 3 aromatic carbocycles. The van der Waals surface area contributed by atoms with E-state index < -0.39 is 33.2 Å². The predicted octanol–water partition coefficient (Wildman–Crippen LogP) is 4.46. The van der Waals surface area contributed by atoms with Gasteiger partial charge in [-0.3, -0.25) is 25.0 Å². The van der Waals surface area contributed by atoms with E-state index in [2.05, 4.69) is 5.32 Å². The topological polar surface area (TPSA) is 115 Å². The molecule has 0 heterocycles. The first-order chi connectivity index (χ1) is 13.3. The van der Waals surface area contributed by atoms with E-state index in [1.54, 1.807) is 6.92 Å². The number of amides is 1. The fourth-order valence-electron chi connectivity index (χ4n) is 3.20. The van der Waals surface area contributed by atoms with Crippen molar-refractivity contribution in [2.75, 3.05) is 0 Å². The Kier molecular flexibility index (Phi) is 5.04. The fourth-order valence-corrected chi connectivity index (χ4v) is 3.20. The molecule has 0 aliphatic rings. The van der Waals surface area contributed by atoms with Crippen LogP contribution >= 0.6 is 0 Å². The number of nitro groups is 2. The van der Waals surface area contributed by atoms with E-state index in [9.17, 15) is 25.0 Å². The summed E-state index contributed by atoms with van der Waals surface area (Å²) in [7, 11) is 0. The number of nitrogens with one attached hydrogen (secondary N) is 1. The number of nitrogens with zero attached hydrogens (tertiary/aromatic N) is 2. The SMILES string of the molecule is Cc1c(C(=O)NC(C)c2cccc3ccccc23)cc([N+](=O)[O-])cc1[N+](=O)[O-]. The number of benzene rings is 3. The van der Waals surface area contributed by atoms with Gasteiger partial charge in [-0.15, -0.1) is 0 Å². The molecule has 0 aromatic heterocycles. The second-order valence-corrected chi connectivity index (χ2v) is 6.42. The smallest absolute Gasteiger partial charge is 0.279 e. The van der Waals surface area contributed by atoms with Crippen LogP contribution in [0, 0.1) is 27.2 Å². The van der Waals surface area contributed by atoms with Gasteiger partial charge in [0.25, 0.3) is 17.3 Å². The molecule has 1 unspecified atom stereocenters. The maximum atomic E-state index is 12.8. The number of hydrogen-bond acceptors (Lipinski definition) is 5. The van der Waals surface area contributed by atoms with Crippen molar-refractivity contribution in [1.82, 2.24) is 5.32 Å². The van der Waals surface area contributed by atoms with Gasteiger partial charge >= 0.3 is 0 Å². The van der Waals surface area contributed by atoms with E-state index in [4.69, 9.17) is 0 Å². The highest BCUT2D eigenvalue weighted by atomic mass is 16.6. The van der Waals surface area contributed by atoms with Gasteiger partial charge < -0.3 is 5.32 Å². The average Bonchev–Trinajstić information content (AvgIpc) is 2.67. The minimum absolute atomic E-state index is 0.0817. The van der Waals surface area contributed by atoms with Gasteiger partial charge in [-0.1, -0.05) is 42.5 Å². The van der Waals surface area contributed by atoms with Crippen molar-refractivity contribution in [3.8, 4) is 0 Å². The molecule has 1 atom stereocenters. The lowest BCUT2D eigenvalue weighted by atomic mass is 9.99. The van der Waals surface area contributed by atoms with Crippen molar-refractivity contribution >= 4 is 28.1 Å². The van der Waals surface area contributed by atoms with Crippen LogP contribution in [0.3, 0.4) is 0 Å². The summed E-state index contributed by atoms with van der Waals surface area (Å²) in [6.07, 6.45) is 0. The molecular formula is C20H17N3O5. The first kappa shape index (κ1) is 19.0. The molecule has 0 radical (unpaired) electrons. The highest BCUT2D eigenvalue weighted by Crippen LogP contribution is 2.29. The van der Waals surface area contributed by atoms with Crippen LogP contribution in [0.4, 0.5) is 11.4 Å². The molecule has 8 heteroatoms. The Labute approximate surface area is 160 Å². The van der Waals surface area contributed by atoms with E-state index in [1.165, 1.54) is 6.92 Å². The molecule has 0 saturated heterocycles. The Bertz CT molecular complexity index is 1100. The number of non-ortho nitro benzene ring substituents is 1. The first-order valence-corrected chi connectivity index (χ1v) is 8.51. The fraction of sp³-hybridized carbons (Fsp3) is 0.150. The van der Waals surface area contributed by atoms with Crippen LogP contribution < -0.4 is 5.32 Å². The largest absolute Gasteiger partial charge is 0.345 e. The molecule has 142 valence electrons. The van der Waals surface area contributed by atoms with Gasteiger partial charge in [0.15, 0.2) is 0 Å². The summed E-state index contributed by atoms with van der Waals surface area (Å²) in [4.78, 5) is 33.6. The summed E-state index contributed by atoms with van der Waals surface area (Å²) in [5.41, 5.74) is -0.0901. The monoisotopic (exact) mass is 379 g/mol. The van der Waals surface area contributed by atoms with Gasteiger partial charge in [-0.05, 0) is 30.2 Å². The maximum Gasteiger partial charge on any atom is 0.279 e. The average molecular weight is 379 g/mol. The van der Waals surface area contributed by atoms with E-state index in [0.717, 1.165) is 28.5 Å². The molecule has 28 heavy (non-hydrogen) atoms. The van der Waals surface area contributed by atoms with E-state index >= 15 is 0 Å². The van der Waals surface area contributed by atoms with Gasteiger partial charge in [0.05, 0.1) is 27.5 Å². The van der Waals surface area contributed by atoms with E-state index in [0.29, 0.717) is 0 Å². The molecular weight excluding hydrogens is 362 g/mol. The molecule has 1 N–H and O–H groups in total. The van der Waals surface area contributed by atoms with Crippen molar-refractivity contribution in [3.05, 3.63) is 91.5 Å². The van der Waals surface area contributed by atoms with Gasteiger partial charge in [0.2, 0.25) is 0 Å². The molecule has 0 fully saturated rings. The minimum Gasteiger partial charge on any atom is -0.345 e. The third-order valence-corrected chi connectivity index (χ3v) is 4.65. The van der Waals surface area contributed by atoms with Gasteiger partial charge in [0, 0.05) is 11.6 Å². The standard InChI is InChI=1S/C20H17N3O5/c1-12-18(10-15(22(25)26)11-19(12)23(27)28)20(24)21-13(2)16-9-5-7-14-6-3-4-8-17(14)16/h3-11,13H,1-2H3,(H,21,24). The second-order valence-electron chi connectivity index (χ2n) is 6.42. The summed E-state index contributed by atoms with van der Waals surface area (Å²) >= 11 is 0. The number of hydrogen-bond donors (Lipinski definition) is 1. The van der Waals surface area contributed by atoms with Crippen LogP contribution in [-0.4, -0.2) is 15.8 Å². The molecule has 0 aliphatic heterocycles. The Morgan fingerprint density at radius 3 is 2.36 bits per heavy atom. The van der Waals surface area contributed by atoms with Crippen LogP contribution in [0.5, 0.6) is 0 Å². The van der Waals surface area contributed by atoms with Crippen LogP contribution in [0.15, 0.2) is 54.6 Å². The Morgan fingerprint density at radius 1 is 1.00 bits per heavy atom. The zero-order valence-corrected chi connectivity index (χ0v) is 15.2. The number of rotatable bonds is 5. The maximum absolute atomic E-state index is 12.8. The van der Waals surface area contributed by atoms with Gasteiger partial charge in [-0.2, -0.15) is 0 Å². The van der Waals surface area contributed by atoms with Crippen molar-refractivity contribution < 1.29 is 14.6 Å². The highest BCUT2D eigenvalue weighted by Gasteiger charge is 2.25. The summed E-state index contributed by atoms with van der Waals surface area (Å²) in [6.45, 7) is 3.19. The first-order valence-electron chi connectivity index (χ1n) is 8.51. The van der Waals surface area contributed by atoms with Crippen molar-refractivity contribution in [2.45, 2.75) is 19.9 Å². The number of fused-ring (bicyclic) bond motifs is 1. The number of nitro benzene ring substituents is 2. The highest BCUT2D eigenvalue weighted by molar-refractivity contribution is 5.98. The van der Waals surface area contributed by atoms with Crippen LogP contribution in [0.1, 0.15) is 34.5 Å². The minimum atomic E-state index is -0.753. The van der Waals surface area contributed by atoms with E-state index in [1.807, 2.05) is 42.5 Å². The third kappa shape index (κ3) is 3.52. The lowest BCUT2D eigenvalue weighted by Gasteiger charge is -2.17. The lowest BCUT2D eigenvalue weighted by molar-refractivity contribution is -0.394. The molecule has 0 bridgehead atoms. The normalized spacial score (nSPS) is 11.8. The van der Waals surface area contributed by atoms with Crippen molar-refractivity contribution in [1.29, 1.82) is 0 Å².